The summed E-state index contributed by atoms with van der Waals surface area (Å²) in [6.07, 6.45) is 2.14. The molecule has 136 valence electrons. The van der Waals surface area contributed by atoms with Crippen molar-refractivity contribution in [3.8, 4) is 0 Å². The van der Waals surface area contributed by atoms with Gasteiger partial charge in [-0.25, -0.2) is 9.97 Å². The van der Waals surface area contributed by atoms with E-state index in [9.17, 15) is 0 Å². The Hall–Kier alpha value is -2.37. The summed E-state index contributed by atoms with van der Waals surface area (Å²) in [4.78, 5) is 13.0. The molecule has 0 aliphatic carbocycles. The van der Waals surface area contributed by atoms with E-state index >= 15 is 0 Å². The molecule has 3 nitrogen and oxygen atoms in total. The van der Waals surface area contributed by atoms with Crippen LogP contribution in [0.15, 0.2) is 76.8 Å². The van der Waals surface area contributed by atoms with Crippen molar-refractivity contribution in [2.45, 2.75) is 29.8 Å². The molecule has 0 aliphatic heterocycles. The molecule has 0 saturated carbocycles. The van der Waals surface area contributed by atoms with Gasteiger partial charge in [0.05, 0.1) is 5.39 Å². The van der Waals surface area contributed by atoms with E-state index in [4.69, 9.17) is 9.97 Å². The Bertz CT molecular complexity index is 1010. The van der Waals surface area contributed by atoms with E-state index in [1.54, 1.807) is 23.1 Å². The molecule has 0 radical (unpaired) electrons. The van der Waals surface area contributed by atoms with Gasteiger partial charge in [-0.05, 0) is 55.3 Å². The highest BCUT2D eigenvalue weighted by molar-refractivity contribution is 7.99. The van der Waals surface area contributed by atoms with Crippen molar-refractivity contribution in [2.75, 3.05) is 11.9 Å². The maximum Gasteiger partial charge on any atom is 0.195 e. The summed E-state index contributed by atoms with van der Waals surface area (Å²) in [6, 6.07) is 23.1. The maximum absolute atomic E-state index is 4.80. The van der Waals surface area contributed by atoms with E-state index in [0.717, 1.165) is 45.5 Å². The zero-order valence-corrected chi connectivity index (χ0v) is 16.8. The molecule has 2 aromatic heterocycles. The number of hydrogen-bond acceptors (Lipinski definition) is 5. The van der Waals surface area contributed by atoms with Crippen LogP contribution in [-0.4, -0.2) is 16.5 Å². The van der Waals surface area contributed by atoms with Crippen molar-refractivity contribution in [1.82, 2.24) is 9.97 Å². The van der Waals surface area contributed by atoms with Gasteiger partial charge in [-0.3, -0.25) is 0 Å². The number of aromatic nitrogens is 2. The lowest BCUT2D eigenvalue weighted by Crippen LogP contribution is -2.06. The summed E-state index contributed by atoms with van der Waals surface area (Å²) in [5.41, 5.74) is 1.37. The number of thiophene rings is 1. The molecule has 4 rings (SSSR count). The van der Waals surface area contributed by atoms with Gasteiger partial charge in [0.2, 0.25) is 0 Å². The van der Waals surface area contributed by atoms with Crippen molar-refractivity contribution in [1.29, 1.82) is 0 Å². The van der Waals surface area contributed by atoms with E-state index in [1.165, 1.54) is 10.4 Å². The molecule has 27 heavy (non-hydrogen) atoms. The second-order valence-corrected chi connectivity index (χ2v) is 8.64. The van der Waals surface area contributed by atoms with Gasteiger partial charge in [-0.1, -0.05) is 48.5 Å². The van der Waals surface area contributed by atoms with Crippen molar-refractivity contribution in [2.24, 2.45) is 0 Å². The fraction of sp³-hybridized carbons (Fsp3) is 0.182. The Morgan fingerprint density at radius 3 is 2.48 bits per heavy atom. The van der Waals surface area contributed by atoms with Gasteiger partial charge < -0.3 is 5.32 Å². The number of fused-ring (bicyclic) bond motifs is 1. The Morgan fingerprint density at radius 2 is 1.70 bits per heavy atom. The molecule has 2 aromatic carbocycles. The molecule has 0 atom stereocenters. The Balaban J connectivity index is 1.49. The summed E-state index contributed by atoms with van der Waals surface area (Å²) in [7, 11) is 0. The molecule has 0 aliphatic rings. The molecule has 4 aromatic rings. The summed E-state index contributed by atoms with van der Waals surface area (Å²) >= 11 is 3.33. The number of nitrogens with zero attached hydrogens (tertiary/aromatic N) is 2. The number of rotatable bonds is 7. The van der Waals surface area contributed by atoms with Crippen LogP contribution in [0.1, 0.15) is 16.9 Å². The van der Waals surface area contributed by atoms with Crippen LogP contribution in [0.5, 0.6) is 0 Å². The first-order valence-electron chi connectivity index (χ1n) is 9.07. The highest BCUT2D eigenvalue weighted by Gasteiger charge is 2.11. The van der Waals surface area contributed by atoms with Gasteiger partial charge in [0, 0.05) is 16.3 Å². The minimum Gasteiger partial charge on any atom is -0.369 e. The van der Waals surface area contributed by atoms with Crippen LogP contribution in [0.3, 0.4) is 0 Å². The van der Waals surface area contributed by atoms with Crippen LogP contribution in [0.25, 0.3) is 10.2 Å². The molecular formula is C22H21N3S2. The zero-order chi connectivity index (χ0) is 18.5. The predicted octanol–water partition coefficient (Wildman–Crippen LogP) is 6.20. The molecule has 0 unspecified atom stereocenters. The summed E-state index contributed by atoms with van der Waals surface area (Å²) in [6.45, 7) is 3.01. The number of aryl methyl sites for hydroxylation is 2. The Morgan fingerprint density at radius 1 is 0.963 bits per heavy atom. The maximum atomic E-state index is 4.80. The fourth-order valence-corrected chi connectivity index (χ4v) is 4.66. The number of nitrogens with one attached hydrogen (secondary N) is 1. The quantitative estimate of drug-likeness (QED) is 0.301. The number of benzene rings is 2. The Kier molecular flexibility index (Phi) is 5.70. The summed E-state index contributed by atoms with van der Waals surface area (Å²) in [5, 5.41) is 5.45. The minimum atomic E-state index is 0.793. The first kappa shape index (κ1) is 18.0. The summed E-state index contributed by atoms with van der Waals surface area (Å²) < 4.78 is 0. The van der Waals surface area contributed by atoms with E-state index < -0.39 is 0 Å². The van der Waals surface area contributed by atoms with Gasteiger partial charge in [-0.15, -0.1) is 11.3 Å². The average molecular weight is 392 g/mol. The third-order valence-electron chi connectivity index (χ3n) is 4.23. The van der Waals surface area contributed by atoms with Crippen LogP contribution >= 0.6 is 23.1 Å². The van der Waals surface area contributed by atoms with Crippen molar-refractivity contribution < 1.29 is 0 Å². The third-order valence-corrected chi connectivity index (χ3v) is 6.04. The van der Waals surface area contributed by atoms with Crippen molar-refractivity contribution >= 4 is 39.1 Å². The molecular weight excluding hydrogens is 370 g/mol. The highest BCUT2D eigenvalue weighted by Crippen LogP contribution is 2.33. The minimum absolute atomic E-state index is 0.793. The topological polar surface area (TPSA) is 37.8 Å². The first-order valence-corrected chi connectivity index (χ1v) is 10.7. The molecule has 0 amide bonds. The van der Waals surface area contributed by atoms with Gasteiger partial charge in [0.15, 0.2) is 5.16 Å². The van der Waals surface area contributed by atoms with E-state index in [-0.39, 0.29) is 0 Å². The second-order valence-electron chi connectivity index (χ2n) is 6.36. The smallest absolute Gasteiger partial charge is 0.195 e. The monoisotopic (exact) mass is 391 g/mol. The van der Waals surface area contributed by atoms with E-state index in [0.29, 0.717) is 0 Å². The van der Waals surface area contributed by atoms with Crippen molar-refractivity contribution in [3.63, 3.8) is 0 Å². The van der Waals surface area contributed by atoms with Gasteiger partial charge in [-0.2, -0.15) is 0 Å². The van der Waals surface area contributed by atoms with Crippen molar-refractivity contribution in [3.05, 3.63) is 77.2 Å². The highest BCUT2D eigenvalue weighted by atomic mass is 32.2. The van der Waals surface area contributed by atoms with Crippen LogP contribution < -0.4 is 5.32 Å². The summed E-state index contributed by atoms with van der Waals surface area (Å²) in [5.74, 6) is 0.941. The average Bonchev–Trinajstić information content (AvgIpc) is 3.07. The molecule has 5 heteroatoms. The predicted molar refractivity (Wildman–Crippen MR) is 116 cm³/mol. The molecule has 0 spiro atoms. The van der Waals surface area contributed by atoms with Gasteiger partial charge in [0.25, 0.3) is 0 Å². The molecule has 2 heterocycles. The van der Waals surface area contributed by atoms with E-state index in [1.807, 2.05) is 18.2 Å². The first-order chi connectivity index (χ1) is 13.3. The standard InChI is InChI=1S/C22H21N3S2/c1-16-15-19-20(23-14-8-11-17-9-4-2-5-10-17)24-22(25-21(19)26-16)27-18-12-6-3-7-13-18/h2-7,9-10,12-13,15H,8,11,14H2,1H3,(H,23,24,25). The van der Waals surface area contributed by atoms with Crippen LogP contribution in [0.4, 0.5) is 5.82 Å². The molecule has 0 saturated heterocycles. The fourth-order valence-electron chi connectivity index (χ4n) is 2.94. The lowest BCUT2D eigenvalue weighted by atomic mass is 10.1. The molecule has 0 bridgehead atoms. The van der Waals surface area contributed by atoms with Crippen LogP contribution in [-0.2, 0) is 6.42 Å². The van der Waals surface area contributed by atoms with E-state index in [2.05, 4.69) is 60.8 Å². The van der Waals surface area contributed by atoms with Gasteiger partial charge in [0.1, 0.15) is 10.6 Å². The third kappa shape index (κ3) is 4.67. The zero-order valence-electron chi connectivity index (χ0n) is 15.2. The number of anilines is 1. The second kappa shape index (κ2) is 8.55. The normalized spacial score (nSPS) is 11.0. The van der Waals surface area contributed by atoms with Crippen LogP contribution in [0, 0.1) is 6.92 Å². The molecule has 1 N–H and O–H groups in total. The lowest BCUT2D eigenvalue weighted by Gasteiger charge is -2.09. The largest absolute Gasteiger partial charge is 0.369 e. The SMILES string of the molecule is Cc1cc2c(NCCCc3ccccc3)nc(Sc3ccccc3)nc2s1. The Labute approximate surface area is 167 Å². The van der Waals surface area contributed by atoms with Gasteiger partial charge >= 0.3 is 0 Å². The van der Waals surface area contributed by atoms with Crippen LogP contribution in [0.2, 0.25) is 0 Å². The number of hydrogen-bond donors (Lipinski definition) is 1. The molecule has 0 fully saturated rings. The lowest BCUT2D eigenvalue weighted by molar-refractivity contribution is 0.855.